The first kappa shape index (κ1) is 10.2. The highest BCUT2D eigenvalue weighted by molar-refractivity contribution is 4.73. The molecule has 0 aliphatic heterocycles. The Morgan fingerprint density at radius 1 is 1.75 bits per heavy atom. The van der Waals surface area contributed by atoms with Crippen LogP contribution in [0.25, 0.3) is 0 Å². The summed E-state index contributed by atoms with van der Waals surface area (Å²) < 4.78 is 0. The smallest absolute Gasteiger partial charge is 0.0379 e. The zero-order valence-corrected chi connectivity index (χ0v) is 5.13. The molecule has 0 N–H and O–H groups in total. The van der Waals surface area contributed by atoms with E-state index in [1.165, 1.54) is 0 Å². The summed E-state index contributed by atoms with van der Waals surface area (Å²) in [5.74, 6) is 0. The Morgan fingerprint density at radius 3 is 2.12 bits per heavy atom. The fraction of sp³-hybridized carbons (Fsp3) is 0.600. The van der Waals surface area contributed by atoms with Crippen LogP contribution in [0.5, 0.6) is 0 Å². The number of allylic oxidation sites excluding steroid dienone is 2. The van der Waals surface area contributed by atoms with Crippen LogP contribution in [0.1, 0.15) is 20.3 Å². The van der Waals surface area contributed by atoms with E-state index in [9.17, 15) is 0 Å². The maximum Gasteiger partial charge on any atom is -0.0379 e. The molecule has 0 heterocycles. The van der Waals surface area contributed by atoms with Gasteiger partial charge in [0.15, 0.2) is 0 Å². The van der Waals surface area contributed by atoms with Crippen LogP contribution in [-0.4, -0.2) is 0 Å². The fourth-order valence-electron chi connectivity index (χ4n) is 0.236. The van der Waals surface area contributed by atoms with Crippen LogP contribution in [0.4, 0.5) is 0 Å². The number of hydrogen-bond acceptors (Lipinski definition) is 3. The van der Waals surface area contributed by atoms with Crippen molar-refractivity contribution >= 4 is 0 Å². The first-order valence-corrected chi connectivity index (χ1v) is 2.39. The minimum absolute atomic E-state index is 1.00. The second kappa shape index (κ2) is 16.5. The van der Waals surface area contributed by atoms with Crippen LogP contribution in [0, 0.1) is 10.1 Å². The molecule has 0 saturated carbocycles. The number of hydrogen-bond donors (Lipinski definition) is 0. The van der Waals surface area contributed by atoms with Crippen LogP contribution < -0.4 is 0 Å². The average Bonchev–Trinajstić information content (AvgIpc) is 1.71. The van der Waals surface area contributed by atoms with Crippen molar-refractivity contribution in [3.63, 3.8) is 0 Å². The lowest BCUT2D eigenvalue weighted by molar-refractivity contribution is 1.22. The molecule has 0 aromatic rings. The van der Waals surface area contributed by atoms with Gasteiger partial charge in [0.05, 0.1) is 0 Å². The van der Waals surface area contributed by atoms with E-state index in [4.69, 9.17) is 10.1 Å². The molecule has 0 atom stereocenters. The van der Waals surface area contributed by atoms with Gasteiger partial charge in [-0.1, -0.05) is 19.1 Å². The van der Waals surface area contributed by atoms with Crippen LogP contribution in [0.15, 0.2) is 17.5 Å². The Morgan fingerprint density at radius 2 is 2.12 bits per heavy atom. The van der Waals surface area contributed by atoms with Gasteiger partial charge in [-0.15, -0.1) is 5.34 Å². The summed E-state index contributed by atoms with van der Waals surface area (Å²) in [6.07, 6.45) is 5.34. The van der Waals surface area contributed by atoms with E-state index in [1.807, 2.05) is 6.92 Å². The van der Waals surface area contributed by atoms with Crippen molar-refractivity contribution < 1.29 is 0 Å². The molecular formula is C5H10NO2-. The molecule has 3 nitrogen and oxygen atoms in total. The van der Waals surface area contributed by atoms with Crippen LogP contribution in [0.3, 0.4) is 0 Å². The predicted molar refractivity (Wildman–Crippen MR) is 34.3 cm³/mol. The van der Waals surface area contributed by atoms with Crippen molar-refractivity contribution in [2.75, 3.05) is 0 Å². The zero-order chi connectivity index (χ0) is 6.83. The van der Waals surface area contributed by atoms with Gasteiger partial charge >= 0.3 is 0 Å². The minimum Gasteiger partial charge on any atom is -0.444 e. The zero-order valence-electron chi connectivity index (χ0n) is 5.13. The minimum atomic E-state index is 1.00. The Hall–Kier alpha value is -0.860. The highest BCUT2D eigenvalue weighted by Gasteiger charge is 1.52. The summed E-state index contributed by atoms with van der Waals surface area (Å²) >= 11 is 0. The largest absolute Gasteiger partial charge is 0.444 e. The third-order valence-corrected chi connectivity index (χ3v) is 0.471. The molecular weight excluding hydrogens is 106 g/mol. The van der Waals surface area contributed by atoms with E-state index in [-0.39, 0.29) is 0 Å². The maximum atomic E-state index is 8.00. The molecule has 0 saturated heterocycles. The first-order valence-electron chi connectivity index (χ1n) is 2.39. The second-order valence-electron chi connectivity index (χ2n) is 1.05. The monoisotopic (exact) mass is 116 g/mol. The predicted octanol–water partition coefficient (Wildman–Crippen LogP) is 2.22. The SMILES string of the molecule is C/C=C/CC.O=N[O-]. The third-order valence-electron chi connectivity index (χ3n) is 0.471. The van der Waals surface area contributed by atoms with E-state index in [0.29, 0.717) is 0 Å². The molecule has 8 heavy (non-hydrogen) atoms. The standard InChI is InChI=1S/C5H10.HNO2/c1-3-5-4-2;2-1-3/h3,5H,4H2,1-2H3;(H,2,3)/p-1/b5-3+;. The molecule has 0 aromatic carbocycles. The quantitative estimate of drug-likeness (QED) is 0.299. The maximum absolute atomic E-state index is 8.00. The van der Waals surface area contributed by atoms with Gasteiger partial charge in [-0.05, 0) is 13.3 Å². The molecule has 0 radical (unpaired) electrons. The van der Waals surface area contributed by atoms with Gasteiger partial charge in [0.1, 0.15) is 0 Å². The average molecular weight is 116 g/mol. The molecule has 0 aliphatic carbocycles. The lowest BCUT2D eigenvalue weighted by Gasteiger charge is -1.65. The van der Waals surface area contributed by atoms with Gasteiger partial charge in [-0.25, -0.2) is 0 Å². The topological polar surface area (TPSA) is 52.5 Å². The fourth-order valence-corrected chi connectivity index (χ4v) is 0.236. The normalized spacial score (nSPS) is 7.75. The van der Waals surface area contributed by atoms with E-state index in [2.05, 4.69) is 19.1 Å². The summed E-state index contributed by atoms with van der Waals surface area (Å²) in [5.41, 5.74) is 0. The number of rotatable bonds is 1. The van der Waals surface area contributed by atoms with Crippen molar-refractivity contribution in [1.29, 1.82) is 0 Å². The van der Waals surface area contributed by atoms with Crippen molar-refractivity contribution in [3.8, 4) is 0 Å². The van der Waals surface area contributed by atoms with Gasteiger partial charge in [-0.2, -0.15) is 0 Å². The summed E-state index contributed by atoms with van der Waals surface area (Å²) in [6, 6.07) is 0. The Balaban J connectivity index is 0. The van der Waals surface area contributed by atoms with Gasteiger partial charge in [-0.3, -0.25) is 0 Å². The van der Waals surface area contributed by atoms with Crippen LogP contribution in [-0.2, 0) is 0 Å². The molecule has 48 valence electrons. The van der Waals surface area contributed by atoms with Gasteiger partial charge in [0.2, 0.25) is 0 Å². The van der Waals surface area contributed by atoms with E-state index < -0.39 is 0 Å². The first-order chi connectivity index (χ1) is 3.83. The Kier molecular flexibility index (Phi) is 21.0. The van der Waals surface area contributed by atoms with Gasteiger partial charge in [0, 0.05) is 0 Å². The molecule has 0 amide bonds. The van der Waals surface area contributed by atoms with Crippen molar-refractivity contribution in [2.24, 2.45) is 5.34 Å². The lowest BCUT2D eigenvalue weighted by Crippen LogP contribution is -1.43. The summed E-state index contributed by atoms with van der Waals surface area (Å²) in [6.45, 7) is 4.16. The van der Waals surface area contributed by atoms with Crippen LogP contribution in [0.2, 0.25) is 0 Å². The number of nitrogens with zero attached hydrogens (tertiary/aromatic N) is 1. The summed E-state index contributed by atoms with van der Waals surface area (Å²) in [7, 11) is 0. The second-order valence-corrected chi connectivity index (χ2v) is 1.05. The molecule has 0 fully saturated rings. The molecule has 0 unspecified atom stereocenters. The molecule has 0 rings (SSSR count). The van der Waals surface area contributed by atoms with Crippen LogP contribution >= 0.6 is 0 Å². The highest BCUT2D eigenvalue weighted by Crippen LogP contribution is 1.73. The lowest BCUT2D eigenvalue weighted by atomic mass is 10.4. The summed E-state index contributed by atoms with van der Waals surface area (Å²) in [4.78, 5) is 8.00. The van der Waals surface area contributed by atoms with Crippen molar-refractivity contribution in [3.05, 3.63) is 22.3 Å². The molecule has 0 spiro atoms. The molecule has 0 aliphatic rings. The molecule has 0 bridgehead atoms. The molecule has 3 heteroatoms. The van der Waals surface area contributed by atoms with E-state index >= 15 is 0 Å². The summed E-state index contributed by atoms with van der Waals surface area (Å²) in [5, 5.41) is 9.00. The Labute approximate surface area is 49.0 Å². The Bertz CT molecular complexity index is 61.4. The third kappa shape index (κ3) is 67.8. The van der Waals surface area contributed by atoms with E-state index in [0.717, 1.165) is 11.8 Å². The molecule has 0 aromatic heterocycles. The van der Waals surface area contributed by atoms with Crippen molar-refractivity contribution in [2.45, 2.75) is 20.3 Å². The van der Waals surface area contributed by atoms with Gasteiger partial charge < -0.3 is 10.1 Å². The highest BCUT2D eigenvalue weighted by atomic mass is 16.6. The van der Waals surface area contributed by atoms with E-state index in [1.54, 1.807) is 0 Å². The van der Waals surface area contributed by atoms with Crippen molar-refractivity contribution in [1.82, 2.24) is 0 Å². The van der Waals surface area contributed by atoms with Gasteiger partial charge in [0.25, 0.3) is 0 Å².